The van der Waals surface area contributed by atoms with Gasteiger partial charge in [0.25, 0.3) is 11.8 Å². The van der Waals surface area contributed by atoms with Crippen molar-refractivity contribution in [1.29, 1.82) is 0 Å². The number of rotatable bonds is 5. The van der Waals surface area contributed by atoms with Crippen LogP contribution < -0.4 is 10.6 Å². The maximum atomic E-state index is 12.5. The van der Waals surface area contributed by atoms with Crippen LogP contribution in [0.5, 0.6) is 0 Å². The van der Waals surface area contributed by atoms with Crippen molar-refractivity contribution in [2.75, 3.05) is 26.5 Å². The van der Waals surface area contributed by atoms with Gasteiger partial charge in [0.15, 0.2) is 0 Å². The number of carbonyl (C=O) groups excluding carboxylic acids is 2. The van der Waals surface area contributed by atoms with Crippen LogP contribution in [0, 0.1) is 13.8 Å². The lowest BCUT2D eigenvalue weighted by molar-refractivity contribution is 0.0963. The van der Waals surface area contributed by atoms with Crippen LogP contribution in [0.2, 0.25) is 0 Å². The summed E-state index contributed by atoms with van der Waals surface area (Å²) in [6.45, 7) is 3.70. The van der Waals surface area contributed by atoms with Gasteiger partial charge in [-0.25, -0.2) is 12.7 Å². The molecule has 0 bridgehead atoms. The minimum Gasteiger partial charge on any atom is -0.355 e. The molecule has 2 N–H and O–H groups in total. The van der Waals surface area contributed by atoms with Gasteiger partial charge in [-0.2, -0.15) is 0 Å². The third kappa shape index (κ3) is 3.79. The van der Waals surface area contributed by atoms with E-state index in [0.717, 1.165) is 14.7 Å². The number of hydrogen-bond acceptors (Lipinski definition) is 5. The van der Waals surface area contributed by atoms with Crippen LogP contribution in [0.1, 0.15) is 31.2 Å². The molecule has 0 saturated heterocycles. The van der Waals surface area contributed by atoms with Gasteiger partial charge in [-0.15, -0.1) is 11.3 Å². The van der Waals surface area contributed by atoms with E-state index in [9.17, 15) is 18.0 Å². The highest BCUT2D eigenvalue weighted by molar-refractivity contribution is 7.89. The summed E-state index contributed by atoms with van der Waals surface area (Å²) in [5.41, 5.74) is 1.56. The second-order valence-corrected chi connectivity index (χ2v) is 9.21. The summed E-state index contributed by atoms with van der Waals surface area (Å²) < 4.78 is 25.3. The molecule has 1 heterocycles. The summed E-state index contributed by atoms with van der Waals surface area (Å²) in [7, 11) is 0.865. The Labute approximate surface area is 157 Å². The van der Waals surface area contributed by atoms with Gasteiger partial charge in [-0.1, -0.05) is 0 Å². The average Bonchev–Trinajstić information content (AvgIpc) is 2.88. The molecule has 0 unspecified atom stereocenters. The first-order valence-corrected chi connectivity index (χ1v) is 10.0. The van der Waals surface area contributed by atoms with Crippen molar-refractivity contribution in [3.8, 4) is 0 Å². The van der Waals surface area contributed by atoms with E-state index in [0.29, 0.717) is 16.1 Å². The first-order chi connectivity index (χ1) is 12.1. The number of sulfonamides is 1. The van der Waals surface area contributed by atoms with Gasteiger partial charge in [0.2, 0.25) is 10.0 Å². The van der Waals surface area contributed by atoms with Crippen LogP contribution in [-0.2, 0) is 10.0 Å². The second-order valence-electron chi connectivity index (χ2n) is 5.83. The molecule has 140 valence electrons. The Bertz CT molecular complexity index is 945. The summed E-state index contributed by atoms with van der Waals surface area (Å²) in [5, 5.41) is 5.78. The molecule has 0 saturated carbocycles. The summed E-state index contributed by atoms with van der Waals surface area (Å²) in [5.74, 6) is -0.681. The van der Waals surface area contributed by atoms with Gasteiger partial charge < -0.3 is 10.6 Å². The normalized spacial score (nSPS) is 11.5. The van der Waals surface area contributed by atoms with Gasteiger partial charge in [-0.05, 0) is 43.7 Å². The monoisotopic (exact) mass is 395 g/mol. The van der Waals surface area contributed by atoms with Crippen molar-refractivity contribution in [3.63, 3.8) is 0 Å². The molecule has 9 heteroatoms. The van der Waals surface area contributed by atoms with Crippen LogP contribution in [0.15, 0.2) is 29.2 Å². The number of nitrogens with zero attached hydrogens (tertiary/aromatic N) is 1. The fourth-order valence-electron chi connectivity index (χ4n) is 2.28. The van der Waals surface area contributed by atoms with Crippen molar-refractivity contribution in [1.82, 2.24) is 9.62 Å². The molecule has 0 spiro atoms. The Morgan fingerprint density at radius 3 is 2.12 bits per heavy atom. The largest absolute Gasteiger partial charge is 0.355 e. The van der Waals surface area contributed by atoms with Crippen LogP contribution in [0.25, 0.3) is 0 Å². The average molecular weight is 396 g/mol. The lowest BCUT2D eigenvalue weighted by atomic mass is 10.1. The minimum atomic E-state index is -3.55. The number of thiophene rings is 1. The molecule has 2 amide bonds. The number of nitrogens with one attached hydrogen (secondary N) is 2. The van der Waals surface area contributed by atoms with Crippen molar-refractivity contribution in [2.24, 2.45) is 0 Å². The zero-order chi connectivity index (χ0) is 19.6. The maximum Gasteiger partial charge on any atom is 0.256 e. The highest BCUT2D eigenvalue weighted by atomic mass is 32.2. The van der Waals surface area contributed by atoms with E-state index in [2.05, 4.69) is 10.6 Å². The smallest absolute Gasteiger partial charge is 0.256 e. The van der Waals surface area contributed by atoms with Gasteiger partial charge in [0.1, 0.15) is 5.00 Å². The molecule has 26 heavy (non-hydrogen) atoms. The highest BCUT2D eigenvalue weighted by Crippen LogP contribution is 2.32. The topological polar surface area (TPSA) is 95.6 Å². The SMILES string of the molecule is CNC(=O)c1c(NC(=O)c2ccc(S(=O)(=O)N(C)C)cc2)sc(C)c1C. The van der Waals surface area contributed by atoms with Gasteiger partial charge in [0.05, 0.1) is 10.5 Å². The number of hydrogen-bond donors (Lipinski definition) is 2. The summed E-state index contributed by atoms with van der Waals surface area (Å²) >= 11 is 1.32. The quantitative estimate of drug-likeness (QED) is 0.811. The predicted octanol–water partition coefficient (Wildman–Crippen LogP) is 2.23. The van der Waals surface area contributed by atoms with Crippen molar-refractivity contribution in [3.05, 3.63) is 45.8 Å². The number of carbonyl (C=O) groups is 2. The Morgan fingerprint density at radius 2 is 1.62 bits per heavy atom. The summed E-state index contributed by atoms with van der Waals surface area (Å²) in [6, 6.07) is 5.65. The fraction of sp³-hybridized carbons (Fsp3) is 0.294. The van der Waals surface area contributed by atoms with Crippen LogP contribution in [0.4, 0.5) is 5.00 Å². The van der Waals surface area contributed by atoms with E-state index in [1.54, 1.807) is 0 Å². The van der Waals surface area contributed by atoms with Crippen LogP contribution in [-0.4, -0.2) is 45.7 Å². The molecule has 0 radical (unpaired) electrons. The number of aryl methyl sites for hydroxylation is 1. The first kappa shape index (κ1) is 20.1. The molecule has 0 aliphatic rings. The molecule has 0 atom stereocenters. The van der Waals surface area contributed by atoms with E-state index in [-0.39, 0.29) is 10.8 Å². The molecular formula is C17H21N3O4S2. The zero-order valence-corrected chi connectivity index (χ0v) is 16.8. The third-order valence-corrected chi connectivity index (χ3v) is 6.91. The van der Waals surface area contributed by atoms with Gasteiger partial charge >= 0.3 is 0 Å². The minimum absolute atomic E-state index is 0.105. The Morgan fingerprint density at radius 1 is 1.04 bits per heavy atom. The van der Waals surface area contributed by atoms with E-state index in [4.69, 9.17) is 0 Å². The van der Waals surface area contributed by atoms with Gasteiger partial charge in [-0.3, -0.25) is 9.59 Å². The number of anilines is 1. The molecule has 1 aromatic carbocycles. The lowest BCUT2D eigenvalue weighted by Gasteiger charge is -2.11. The molecule has 2 aromatic rings. The predicted molar refractivity (Wildman–Crippen MR) is 102 cm³/mol. The molecule has 0 fully saturated rings. The Balaban J connectivity index is 2.29. The van der Waals surface area contributed by atoms with E-state index in [1.165, 1.54) is 56.7 Å². The molecule has 7 nitrogen and oxygen atoms in total. The van der Waals surface area contributed by atoms with Gasteiger partial charge in [0, 0.05) is 31.6 Å². The van der Waals surface area contributed by atoms with Crippen molar-refractivity contribution >= 4 is 38.2 Å². The second kappa shape index (κ2) is 7.56. The van der Waals surface area contributed by atoms with E-state index >= 15 is 0 Å². The lowest BCUT2D eigenvalue weighted by Crippen LogP contribution is -2.22. The maximum absolute atomic E-state index is 12.5. The highest BCUT2D eigenvalue weighted by Gasteiger charge is 2.21. The number of benzene rings is 1. The van der Waals surface area contributed by atoms with E-state index in [1.807, 2.05) is 13.8 Å². The standard InChI is InChI=1S/C17H21N3O4S2/c1-10-11(2)25-17(14(10)16(22)18-3)19-15(21)12-6-8-13(9-7-12)26(23,24)20(4)5/h6-9H,1-5H3,(H,18,22)(H,19,21). The third-order valence-electron chi connectivity index (χ3n) is 3.96. The van der Waals surface area contributed by atoms with Crippen LogP contribution in [0.3, 0.4) is 0 Å². The number of amides is 2. The molecule has 0 aliphatic carbocycles. The fourth-order valence-corrected chi connectivity index (χ4v) is 4.23. The van der Waals surface area contributed by atoms with Crippen molar-refractivity contribution < 1.29 is 18.0 Å². The Hall–Kier alpha value is -2.23. The molecular weight excluding hydrogens is 374 g/mol. The molecule has 2 rings (SSSR count). The Kier molecular flexibility index (Phi) is 5.84. The summed E-state index contributed by atoms with van der Waals surface area (Å²) in [4.78, 5) is 25.6. The summed E-state index contributed by atoms with van der Waals surface area (Å²) in [6.07, 6.45) is 0. The zero-order valence-electron chi connectivity index (χ0n) is 15.2. The first-order valence-electron chi connectivity index (χ1n) is 7.75. The van der Waals surface area contributed by atoms with Crippen molar-refractivity contribution in [2.45, 2.75) is 18.7 Å². The van der Waals surface area contributed by atoms with Crippen LogP contribution >= 0.6 is 11.3 Å². The van der Waals surface area contributed by atoms with E-state index < -0.39 is 15.9 Å². The molecule has 1 aromatic heterocycles. The molecule has 0 aliphatic heterocycles.